The van der Waals surface area contributed by atoms with Gasteiger partial charge < -0.3 is 19.7 Å². The van der Waals surface area contributed by atoms with Crippen LogP contribution in [-0.4, -0.2) is 42.5 Å². The molecule has 0 radical (unpaired) electrons. The molecule has 0 spiro atoms. The second kappa shape index (κ2) is 9.45. The summed E-state index contributed by atoms with van der Waals surface area (Å²) in [5.41, 5.74) is 0.955. The maximum Gasteiger partial charge on any atom is 0.387 e. The first-order valence-electron chi connectivity index (χ1n) is 9.12. The molecule has 3 rings (SSSR count). The number of hydrogen-bond donors (Lipinski definition) is 1. The molecule has 8 heteroatoms. The number of anilines is 1. The van der Waals surface area contributed by atoms with Crippen LogP contribution in [0.15, 0.2) is 36.5 Å². The summed E-state index contributed by atoms with van der Waals surface area (Å²) in [6.07, 6.45) is 3.81. The summed E-state index contributed by atoms with van der Waals surface area (Å²) in [7, 11) is 0. The van der Waals surface area contributed by atoms with Gasteiger partial charge in [0, 0.05) is 31.9 Å². The number of nitrogens with zero attached hydrogens (tertiary/aromatic N) is 3. The summed E-state index contributed by atoms with van der Waals surface area (Å²) in [5, 5.41) is 11.7. The highest BCUT2D eigenvalue weighted by Gasteiger charge is 2.21. The molecule has 1 N–H and O–H groups in total. The summed E-state index contributed by atoms with van der Waals surface area (Å²) in [6.45, 7) is 1.75. The van der Waals surface area contributed by atoms with Crippen molar-refractivity contribution in [3.05, 3.63) is 42.1 Å². The zero-order valence-corrected chi connectivity index (χ0v) is 15.3. The normalized spacial score (nSPS) is 17.2. The number of ether oxygens (including phenoxy) is 2. The Morgan fingerprint density at radius 2 is 2.19 bits per heavy atom. The molecule has 2 aromatic rings. The monoisotopic (exact) mass is 378 g/mol. The van der Waals surface area contributed by atoms with Gasteiger partial charge in [0.2, 0.25) is 0 Å². The SMILES string of the molecule is CCOc1cc(CNC2CCCN(c3cccnn3)C2)ccc1OC(F)F. The van der Waals surface area contributed by atoms with Crippen LogP contribution in [-0.2, 0) is 6.54 Å². The van der Waals surface area contributed by atoms with Crippen molar-refractivity contribution in [2.24, 2.45) is 0 Å². The van der Waals surface area contributed by atoms with Crippen LogP contribution in [0.2, 0.25) is 0 Å². The van der Waals surface area contributed by atoms with Gasteiger partial charge in [-0.25, -0.2) is 0 Å². The third kappa shape index (κ3) is 5.50. The summed E-state index contributed by atoms with van der Waals surface area (Å²) in [5.74, 6) is 1.28. The Hall–Kier alpha value is -2.48. The van der Waals surface area contributed by atoms with Crippen LogP contribution in [0.5, 0.6) is 11.5 Å². The number of piperidine rings is 1. The predicted molar refractivity (Wildman–Crippen MR) is 98.3 cm³/mol. The van der Waals surface area contributed by atoms with Crippen LogP contribution < -0.4 is 19.7 Å². The highest BCUT2D eigenvalue weighted by molar-refractivity contribution is 5.43. The van der Waals surface area contributed by atoms with E-state index >= 15 is 0 Å². The molecule has 1 aliphatic heterocycles. The smallest absolute Gasteiger partial charge is 0.387 e. The minimum absolute atomic E-state index is 0.0575. The van der Waals surface area contributed by atoms with Crippen molar-refractivity contribution in [2.75, 3.05) is 24.6 Å². The van der Waals surface area contributed by atoms with Gasteiger partial charge in [-0.15, -0.1) is 5.10 Å². The van der Waals surface area contributed by atoms with E-state index in [2.05, 4.69) is 25.2 Å². The number of rotatable bonds is 8. The van der Waals surface area contributed by atoms with Crippen molar-refractivity contribution in [1.82, 2.24) is 15.5 Å². The quantitative estimate of drug-likeness (QED) is 0.761. The van der Waals surface area contributed by atoms with E-state index in [1.165, 1.54) is 6.07 Å². The third-order valence-electron chi connectivity index (χ3n) is 4.42. The number of halogens is 2. The van der Waals surface area contributed by atoms with Crippen molar-refractivity contribution >= 4 is 5.82 Å². The number of aromatic nitrogens is 2. The Morgan fingerprint density at radius 3 is 2.93 bits per heavy atom. The molecule has 1 atom stereocenters. The van der Waals surface area contributed by atoms with Crippen molar-refractivity contribution < 1.29 is 18.3 Å². The summed E-state index contributed by atoms with van der Waals surface area (Å²) >= 11 is 0. The Labute approximate surface area is 157 Å². The number of alkyl halides is 2. The number of benzene rings is 1. The van der Waals surface area contributed by atoms with E-state index < -0.39 is 6.61 Å². The molecule has 0 saturated carbocycles. The molecule has 146 valence electrons. The van der Waals surface area contributed by atoms with E-state index in [1.807, 2.05) is 12.1 Å². The first-order valence-corrected chi connectivity index (χ1v) is 9.12. The van der Waals surface area contributed by atoms with E-state index in [0.717, 1.165) is 37.3 Å². The molecular formula is C19H24F2N4O2. The largest absolute Gasteiger partial charge is 0.490 e. The summed E-state index contributed by atoms with van der Waals surface area (Å²) in [6, 6.07) is 9.21. The highest BCUT2D eigenvalue weighted by atomic mass is 19.3. The Kier molecular flexibility index (Phi) is 6.75. The maximum absolute atomic E-state index is 12.5. The molecule has 6 nitrogen and oxygen atoms in total. The van der Waals surface area contributed by atoms with Gasteiger partial charge in [0.1, 0.15) is 0 Å². The van der Waals surface area contributed by atoms with Crippen LogP contribution in [0.1, 0.15) is 25.3 Å². The lowest BCUT2D eigenvalue weighted by Gasteiger charge is -2.33. The molecule has 0 bridgehead atoms. The van der Waals surface area contributed by atoms with Gasteiger partial charge in [-0.1, -0.05) is 6.07 Å². The minimum atomic E-state index is -2.87. The first kappa shape index (κ1) is 19.3. The number of nitrogens with one attached hydrogen (secondary N) is 1. The van der Waals surface area contributed by atoms with Gasteiger partial charge >= 0.3 is 6.61 Å². The Morgan fingerprint density at radius 1 is 1.30 bits per heavy atom. The third-order valence-corrected chi connectivity index (χ3v) is 4.42. The lowest BCUT2D eigenvalue weighted by Crippen LogP contribution is -2.45. The molecule has 1 fully saturated rings. The number of hydrogen-bond acceptors (Lipinski definition) is 6. The van der Waals surface area contributed by atoms with Gasteiger partial charge in [-0.05, 0) is 49.6 Å². The van der Waals surface area contributed by atoms with Crippen LogP contribution in [0.4, 0.5) is 14.6 Å². The van der Waals surface area contributed by atoms with E-state index in [9.17, 15) is 8.78 Å². The molecule has 1 aromatic heterocycles. The van der Waals surface area contributed by atoms with Crippen molar-refractivity contribution in [1.29, 1.82) is 0 Å². The molecular weight excluding hydrogens is 354 g/mol. The molecule has 0 aliphatic carbocycles. The Balaban J connectivity index is 1.59. The maximum atomic E-state index is 12.5. The second-order valence-corrected chi connectivity index (χ2v) is 6.34. The topological polar surface area (TPSA) is 59.5 Å². The first-order chi connectivity index (χ1) is 13.2. The molecule has 27 heavy (non-hydrogen) atoms. The fourth-order valence-electron chi connectivity index (χ4n) is 3.20. The molecule has 1 aliphatic rings. The Bertz CT molecular complexity index is 718. The molecule has 0 amide bonds. The van der Waals surface area contributed by atoms with Gasteiger partial charge in [0.25, 0.3) is 0 Å². The average molecular weight is 378 g/mol. The van der Waals surface area contributed by atoms with Crippen molar-refractivity contribution in [2.45, 2.75) is 39.0 Å². The highest BCUT2D eigenvalue weighted by Crippen LogP contribution is 2.30. The predicted octanol–water partition coefficient (Wildman–Crippen LogP) is 3.24. The molecule has 2 heterocycles. The van der Waals surface area contributed by atoms with Crippen LogP contribution in [0.25, 0.3) is 0 Å². The lowest BCUT2D eigenvalue weighted by molar-refractivity contribution is -0.0514. The molecule has 1 aromatic carbocycles. The van der Waals surface area contributed by atoms with Gasteiger partial charge in [-0.3, -0.25) is 0 Å². The van der Waals surface area contributed by atoms with Crippen LogP contribution in [0, 0.1) is 0 Å². The summed E-state index contributed by atoms with van der Waals surface area (Å²) in [4.78, 5) is 2.22. The van der Waals surface area contributed by atoms with E-state index in [-0.39, 0.29) is 5.75 Å². The lowest BCUT2D eigenvalue weighted by atomic mass is 10.1. The van der Waals surface area contributed by atoms with Crippen molar-refractivity contribution in [3.63, 3.8) is 0 Å². The minimum Gasteiger partial charge on any atom is -0.490 e. The molecule has 1 saturated heterocycles. The van der Waals surface area contributed by atoms with Gasteiger partial charge in [0.05, 0.1) is 6.61 Å². The summed E-state index contributed by atoms with van der Waals surface area (Å²) < 4.78 is 35.0. The van der Waals surface area contributed by atoms with Crippen molar-refractivity contribution in [3.8, 4) is 11.5 Å². The van der Waals surface area contributed by atoms with Crippen LogP contribution in [0.3, 0.4) is 0 Å². The van der Waals surface area contributed by atoms with E-state index in [1.54, 1.807) is 25.3 Å². The molecule has 1 unspecified atom stereocenters. The van der Waals surface area contributed by atoms with Gasteiger partial charge in [0.15, 0.2) is 17.3 Å². The standard InChI is InChI=1S/C19H24F2N4O2/c1-2-26-17-11-14(7-8-16(17)27-19(20)21)12-22-15-5-4-10-25(13-15)18-6-3-9-23-24-18/h3,6-9,11,15,19,22H,2,4-5,10,12-13H2,1H3. The fourth-order valence-corrected chi connectivity index (χ4v) is 3.20. The zero-order chi connectivity index (χ0) is 19.1. The van der Waals surface area contributed by atoms with Crippen LogP contribution >= 0.6 is 0 Å². The van der Waals surface area contributed by atoms with E-state index in [4.69, 9.17) is 4.74 Å². The second-order valence-electron chi connectivity index (χ2n) is 6.34. The fraction of sp³-hybridized carbons (Fsp3) is 0.474. The average Bonchev–Trinajstić information content (AvgIpc) is 2.69. The van der Waals surface area contributed by atoms with Gasteiger partial charge in [-0.2, -0.15) is 13.9 Å². The van der Waals surface area contributed by atoms with E-state index in [0.29, 0.717) is 24.9 Å². The zero-order valence-electron chi connectivity index (χ0n) is 15.3.